The van der Waals surface area contributed by atoms with E-state index in [-0.39, 0.29) is 0 Å². The molecule has 0 spiro atoms. The molecule has 0 heterocycles. The molecule has 11 heavy (non-hydrogen) atoms. The average Bonchev–Trinajstić information content (AvgIpc) is 1.86. The third kappa shape index (κ3) is 6.67. The van der Waals surface area contributed by atoms with E-state index in [9.17, 15) is 0 Å². The lowest BCUT2D eigenvalue weighted by Crippen LogP contribution is -2.03. The highest BCUT2D eigenvalue weighted by Gasteiger charge is 1.98. The van der Waals surface area contributed by atoms with Gasteiger partial charge in [0.1, 0.15) is 0 Å². The van der Waals surface area contributed by atoms with E-state index in [2.05, 4.69) is 13.8 Å². The van der Waals surface area contributed by atoms with E-state index in [4.69, 9.17) is 27.9 Å². The lowest BCUT2D eigenvalue weighted by Gasteiger charge is -2.05. The first-order valence-electron chi connectivity index (χ1n) is 3.62. The number of allylic oxidation sites excluding steroid dienone is 1. The third-order valence-corrected chi connectivity index (χ3v) is 1.77. The first kappa shape index (κ1) is 11.3. The Morgan fingerprint density at radius 2 is 1.91 bits per heavy atom. The van der Waals surface area contributed by atoms with Gasteiger partial charge in [0.05, 0.1) is 11.6 Å². The molecule has 0 radical (unpaired) electrons. The zero-order valence-corrected chi connectivity index (χ0v) is 8.67. The Balaban J connectivity index is 3.48. The summed E-state index contributed by atoms with van der Waals surface area (Å²) in [7, 11) is 0. The van der Waals surface area contributed by atoms with Crippen molar-refractivity contribution in [2.45, 2.75) is 20.8 Å². The smallest absolute Gasteiger partial charge is 0.0834 e. The van der Waals surface area contributed by atoms with E-state index in [1.165, 1.54) is 0 Å². The van der Waals surface area contributed by atoms with Crippen molar-refractivity contribution in [1.82, 2.24) is 0 Å². The van der Waals surface area contributed by atoms with Crippen molar-refractivity contribution in [1.29, 1.82) is 0 Å². The Kier molecular flexibility index (Phi) is 6.02. The first-order chi connectivity index (χ1) is 5.04. The van der Waals surface area contributed by atoms with Crippen LogP contribution >= 0.6 is 23.2 Å². The Labute approximate surface area is 78.3 Å². The summed E-state index contributed by atoms with van der Waals surface area (Å²) in [5.41, 5.74) is 0. The van der Waals surface area contributed by atoms with Crippen molar-refractivity contribution in [2.24, 2.45) is 5.92 Å². The standard InChI is InChI=1S/C8H14Cl2O/c1-6(2)4-11-5-8(10)7(3)9/h6H,4-5H2,1-3H3/b8-7+. The lowest BCUT2D eigenvalue weighted by atomic mass is 10.2. The molecule has 0 aliphatic rings. The van der Waals surface area contributed by atoms with Crippen LogP contribution in [0.4, 0.5) is 0 Å². The molecule has 0 N–H and O–H groups in total. The van der Waals surface area contributed by atoms with E-state index in [1.807, 2.05) is 0 Å². The largest absolute Gasteiger partial charge is 0.376 e. The van der Waals surface area contributed by atoms with Gasteiger partial charge in [-0.25, -0.2) is 0 Å². The highest BCUT2D eigenvalue weighted by molar-refractivity contribution is 6.39. The SMILES string of the molecule is C/C(Cl)=C(\Cl)COCC(C)C. The Morgan fingerprint density at radius 3 is 2.27 bits per heavy atom. The van der Waals surface area contributed by atoms with E-state index in [0.717, 1.165) is 6.61 Å². The maximum atomic E-state index is 5.72. The fourth-order valence-electron chi connectivity index (χ4n) is 0.484. The second-order valence-corrected chi connectivity index (χ2v) is 3.87. The zero-order chi connectivity index (χ0) is 8.85. The number of ether oxygens (including phenoxy) is 1. The van der Waals surface area contributed by atoms with Gasteiger partial charge in [-0.05, 0) is 12.8 Å². The molecule has 3 heteroatoms. The number of hydrogen-bond acceptors (Lipinski definition) is 1. The van der Waals surface area contributed by atoms with Crippen molar-refractivity contribution in [3.8, 4) is 0 Å². The van der Waals surface area contributed by atoms with Crippen LogP contribution in [0.2, 0.25) is 0 Å². The first-order valence-corrected chi connectivity index (χ1v) is 4.38. The van der Waals surface area contributed by atoms with Gasteiger partial charge in [0.25, 0.3) is 0 Å². The molecule has 66 valence electrons. The van der Waals surface area contributed by atoms with Crippen LogP contribution in [-0.4, -0.2) is 13.2 Å². The fourth-order valence-corrected chi connectivity index (χ4v) is 0.615. The molecule has 0 unspecified atom stereocenters. The van der Waals surface area contributed by atoms with Crippen molar-refractivity contribution < 1.29 is 4.74 Å². The molecule has 0 aromatic rings. The molecule has 0 atom stereocenters. The maximum absolute atomic E-state index is 5.72. The minimum Gasteiger partial charge on any atom is -0.376 e. The van der Waals surface area contributed by atoms with Crippen LogP contribution in [0.25, 0.3) is 0 Å². The van der Waals surface area contributed by atoms with Crippen LogP contribution in [0.15, 0.2) is 10.1 Å². The van der Waals surface area contributed by atoms with Crippen LogP contribution < -0.4 is 0 Å². The minimum atomic E-state index is 0.426. The summed E-state index contributed by atoms with van der Waals surface area (Å²) in [6.07, 6.45) is 0. The summed E-state index contributed by atoms with van der Waals surface area (Å²) in [5, 5.41) is 1.20. The number of halogens is 2. The van der Waals surface area contributed by atoms with E-state index < -0.39 is 0 Å². The molecule has 0 fully saturated rings. The normalized spacial score (nSPS) is 13.6. The topological polar surface area (TPSA) is 9.23 Å². The summed E-state index contributed by atoms with van der Waals surface area (Å²) in [6.45, 7) is 7.08. The van der Waals surface area contributed by atoms with Crippen LogP contribution in [0, 0.1) is 5.92 Å². The summed E-state index contributed by atoms with van der Waals surface area (Å²) >= 11 is 11.3. The molecule has 0 saturated heterocycles. The van der Waals surface area contributed by atoms with Gasteiger partial charge in [0.15, 0.2) is 0 Å². The summed E-state index contributed by atoms with van der Waals surface area (Å²) in [6, 6.07) is 0. The molecule has 0 amide bonds. The Bertz CT molecular complexity index is 137. The van der Waals surface area contributed by atoms with Gasteiger partial charge in [-0.15, -0.1) is 0 Å². The molecule has 0 aromatic heterocycles. The molecule has 0 aliphatic heterocycles. The lowest BCUT2D eigenvalue weighted by molar-refractivity contribution is 0.132. The maximum Gasteiger partial charge on any atom is 0.0834 e. The van der Waals surface area contributed by atoms with E-state index in [0.29, 0.717) is 22.6 Å². The van der Waals surface area contributed by atoms with Crippen molar-refractivity contribution in [2.75, 3.05) is 13.2 Å². The predicted octanol–water partition coefficient (Wildman–Crippen LogP) is 3.37. The molecule has 0 bridgehead atoms. The molecule has 0 aromatic carbocycles. The van der Waals surface area contributed by atoms with Gasteiger partial charge >= 0.3 is 0 Å². The predicted molar refractivity (Wildman–Crippen MR) is 50.1 cm³/mol. The average molecular weight is 197 g/mol. The molecule has 0 saturated carbocycles. The molecular formula is C8H14Cl2O. The highest BCUT2D eigenvalue weighted by Crippen LogP contribution is 2.12. The van der Waals surface area contributed by atoms with Gasteiger partial charge in [-0.3, -0.25) is 0 Å². The number of rotatable bonds is 4. The second-order valence-electron chi connectivity index (χ2n) is 2.85. The van der Waals surface area contributed by atoms with Crippen molar-refractivity contribution >= 4 is 23.2 Å². The summed E-state index contributed by atoms with van der Waals surface area (Å²) < 4.78 is 5.24. The van der Waals surface area contributed by atoms with E-state index in [1.54, 1.807) is 6.92 Å². The monoisotopic (exact) mass is 196 g/mol. The van der Waals surface area contributed by atoms with Gasteiger partial charge in [0.2, 0.25) is 0 Å². The van der Waals surface area contributed by atoms with Crippen LogP contribution in [-0.2, 0) is 4.74 Å². The molecule has 1 nitrogen and oxygen atoms in total. The summed E-state index contributed by atoms with van der Waals surface area (Å²) in [5.74, 6) is 0.537. The highest BCUT2D eigenvalue weighted by atomic mass is 35.5. The van der Waals surface area contributed by atoms with E-state index >= 15 is 0 Å². The van der Waals surface area contributed by atoms with Gasteiger partial charge in [0, 0.05) is 11.6 Å². The van der Waals surface area contributed by atoms with Gasteiger partial charge in [-0.2, -0.15) is 0 Å². The second kappa shape index (κ2) is 5.87. The van der Waals surface area contributed by atoms with Gasteiger partial charge < -0.3 is 4.74 Å². The number of hydrogen-bond donors (Lipinski definition) is 0. The fraction of sp³-hybridized carbons (Fsp3) is 0.750. The molecule has 0 aliphatic carbocycles. The Hall–Kier alpha value is 0.280. The van der Waals surface area contributed by atoms with Gasteiger partial charge in [-0.1, -0.05) is 37.0 Å². The Morgan fingerprint density at radius 1 is 1.36 bits per heavy atom. The third-order valence-electron chi connectivity index (χ3n) is 1.05. The zero-order valence-electron chi connectivity index (χ0n) is 7.16. The minimum absolute atomic E-state index is 0.426. The quantitative estimate of drug-likeness (QED) is 0.671. The van der Waals surface area contributed by atoms with Crippen LogP contribution in [0.5, 0.6) is 0 Å². The van der Waals surface area contributed by atoms with Crippen molar-refractivity contribution in [3.63, 3.8) is 0 Å². The summed E-state index contributed by atoms with van der Waals surface area (Å²) in [4.78, 5) is 0. The molecule has 0 rings (SSSR count). The van der Waals surface area contributed by atoms with Crippen molar-refractivity contribution in [3.05, 3.63) is 10.1 Å². The van der Waals surface area contributed by atoms with Crippen LogP contribution in [0.1, 0.15) is 20.8 Å². The van der Waals surface area contributed by atoms with Crippen LogP contribution in [0.3, 0.4) is 0 Å². The molecular weight excluding hydrogens is 183 g/mol.